The van der Waals surface area contributed by atoms with Gasteiger partial charge in [0, 0.05) is 23.1 Å². The quantitative estimate of drug-likeness (QED) is 0.787. The second kappa shape index (κ2) is 6.98. The molecule has 1 N–H and O–H groups in total. The molecule has 1 fully saturated rings. The van der Waals surface area contributed by atoms with Crippen LogP contribution in [-0.4, -0.2) is 40.2 Å². The van der Waals surface area contributed by atoms with E-state index in [-0.39, 0.29) is 18.5 Å². The number of carbonyl (C=O) groups excluding carboxylic acids is 1. The van der Waals surface area contributed by atoms with Gasteiger partial charge in [0.25, 0.3) is 0 Å². The lowest BCUT2D eigenvalue weighted by Crippen LogP contribution is -2.37. The normalized spacial score (nSPS) is 14.0. The summed E-state index contributed by atoms with van der Waals surface area (Å²) in [5.74, 6) is -0.294. The molecule has 0 unspecified atom stereocenters. The van der Waals surface area contributed by atoms with Crippen molar-refractivity contribution in [3.8, 4) is 0 Å². The minimum Gasteiger partial charge on any atom is -0.480 e. The van der Waals surface area contributed by atoms with Crippen LogP contribution in [0.3, 0.4) is 0 Å². The van der Waals surface area contributed by atoms with Gasteiger partial charge in [0.2, 0.25) is 5.91 Å². The van der Waals surface area contributed by atoms with E-state index >= 15 is 0 Å². The predicted octanol–water partition coefficient (Wildman–Crippen LogP) is 2.86. The number of carboxylic acid groups (broad SMARTS) is 1. The molecule has 1 amide bonds. The van der Waals surface area contributed by atoms with Crippen molar-refractivity contribution in [1.29, 1.82) is 0 Å². The van der Waals surface area contributed by atoms with Crippen molar-refractivity contribution in [1.82, 2.24) is 4.90 Å². The van der Waals surface area contributed by atoms with Crippen LogP contribution in [0.4, 0.5) is 0 Å². The molecule has 5 heteroatoms. The molecule has 0 spiro atoms. The van der Waals surface area contributed by atoms with E-state index < -0.39 is 5.97 Å². The van der Waals surface area contributed by atoms with Crippen molar-refractivity contribution in [3.05, 3.63) is 29.3 Å². The van der Waals surface area contributed by atoms with E-state index in [1.807, 2.05) is 0 Å². The Morgan fingerprint density at radius 3 is 2.57 bits per heavy atom. The van der Waals surface area contributed by atoms with Gasteiger partial charge in [-0.2, -0.15) is 0 Å². The van der Waals surface area contributed by atoms with Crippen LogP contribution in [0.2, 0.25) is 0 Å². The summed E-state index contributed by atoms with van der Waals surface area (Å²) < 4.78 is 0. The average molecular weight is 307 g/mol. The van der Waals surface area contributed by atoms with Gasteiger partial charge in [0.15, 0.2) is 0 Å². The summed E-state index contributed by atoms with van der Waals surface area (Å²) in [4.78, 5) is 25.6. The molecular weight excluding hydrogens is 286 g/mol. The molecule has 0 radical (unpaired) electrons. The maximum atomic E-state index is 12.1. The van der Waals surface area contributed by atoms with Gasteiger partial charge in [-0.05, 0) is 49.9 Å². The summed E-state index contributed by atoms with van der Waals surface area (Å²) in [6, 6.07) is 6.42. The summed E-state index contributed by atoms with van der Waals surface area (Å²) >= 11 is 1.65. The zero-order chi connectivity index (χ0) is 15.4. The molecule has 1 aromatic carbocycles. The Bertz CT molecular complexity index is 540. The van der Waals surface area contributed by atoms with Gasteiger partial charge in [-0.1, -0.05) is 6.07 Å². The summed E-state index contributed by atoms with van der Waals surface area (Å²) in [6.07, 6.45) is 2.26. The fourth-order valence-corrected chi connectivity index (χ4v) is 3.09. The second-order valence-electron chi connectivity index (χ2n) is 5.49. The largest absolute Gasteiger partial charge is 0.480 e. The number of nitrogens with zero attached hydrogens (tertiary/aromatic N) is 1. The van der Waals surface area contributed by atoms with E-state index in [1.165, 1.54) is 16.0 Å². The highest BCUT2D eigenvalue weighted by atomic mass is 32.2. The third-order valence-electron chi connectivity index (χ3n) is 3.68. The zero-order valence-corrected chi connectivity index (χ0v) is 13.3. The van der Waals surface area contributed by atoms with E-state index in [0.717, 1.165) is 17.7 Å². The Hall–Kier alpha value is -1.49. The first-order chi connectivity index (χ1) is 9.97. The zero-order valence-electron chi connectivity index (χ0n) is 12.5. The number of rotatable bonds is 7. The molecule has 1 aliphatic rings. The summed E-state index contributed by atoms with van der Waals surface area (Å²) in [5, 5.41) is 8.87. The number of thioether (sulfide) groups is 1. The fourth-order valence-electron chi connectivity index (χ4n) is 2.16. The van der Waals surface area contributed by atoms with Crippen LogP contribution in [0.5, 0.6) is 0 Å². The molecule has 2 rings (SSSR count). The highest BCUT2D eigenvalue weighted by Crippen LogP contribution is 2.28. The summed E-state index contributed by atoms with van der Waals surface area (Å²) in [6.45, 7) is 3.98. The molecule has 0 aliphatic heterocycles. The molecule has 0 aromatic heterocycles. The van der Waals surface area contributed by atoms with Crippen molar-refractivity contribution >= 4 is 23.6 Å². The van der Waals surface area contributed by atoms with Crippen LogP contribution in [0.25, 0.3) is 0 Å². The van der Waals surface area contributed by atoms with Gasteiger partial charge in [-0.3, -0.25) is 9.59 Å². The number of benzene rings is 1. The lowest BCUT2D eigenvalue weighted by molar-refractivity contribution is -0.144. The van der Waals surface area contributed by atoms with E-state index in [4.69, 9.17) is 5.11 Å². The third kappa shape index (κ3) is 4.77. The number of carboxylic acids is 1. The first-order valence-electron chi connectivity index (χ1n) is 7.18. The average Bonchev–Trinajstić information content (AvgIpc) is 3.24. The van der Waals surface area contributed by atoms with Gasteiger partial charge in [0.05, 0.1) is 0 Å². The molecular formula is C16H21NO3S. The molecule has 0 heterocycles. The molecule has 1 aromatic rings. The Labute approximate surface area is 129 Å². The molecule has 21 heavy (non-hydrogen) atoms. The monoisotopic (exact) mass is 307 g/mol. The highest BCUT2D eigenvalue weighted by Gasteiger charge is 2.33. The summed E-state index contributed by atoms with van der Waals surface area (Å²) in [5.41, 5.74) is 2.51. The Morgan fingerprint density at radius 1 is 1.29 bits per heavy atom. The third-order valence-corrected chi connectivity index (χ3v) is 4.67. The number of amides is 1. The molecule has 1 aliphatic carbocycles. The van der Waals surface area contributed by atoms with Gasteiger partial charge in [-0.15, -0.1) is 11.8 Å². The molecule has 4 nitrogen and oxygen atoms in total. The molecule has 0 atom stereocenters. The topological polar surface area (TPSA) is 57.6 Å². The number of aryl methyl sites for hydroxylation is 2. The van der Waals surface area contributed by atoms with Crippen LogP contribution in [0.1, 0.15) is 30.4 Å². The van der Waals surface area contributed by atoms with Crippen LogP contribution in [-0.2, 0) is 9.59 Å². The van der Waals surface area contributed by atoms with E-state index in [2.05, 4.69) is 32.0 Å². The SMILES string of the molecule is Cc1ccc(SCCC(=O)N(CC(=O)O)C2CC2)cc1C. The maximum absolute atomic E-state index is 12.1. The Kier molecular flexibility index (Phi) is 5.28. The standard InChI is InChI=1S/C16H21NO3S/c1-11-3-6-14(9-12(11)2)21-8-7-15(18)17(10-16(19)20)13-4-5-13/h3,6,9,13H,4-5,7-8,10H2,1-2H3,(H,19,20). The molecule has 114 valence electrons. The minimum absolute atomic E-state index is 0.0452. The Morgan fingerprint density at radius 2 is 2.00 bits per heavy atom. The van der Waals surface area contributed by atoms with Gasteiger partial charge < -0.3 is 10.0 Å². The number of aliphatic carboxylic acids is 1. The lowest BCUT2D eigenvalue weighted by atomic mass is 10.1. The minimum atomic E-state index is -0.933. The van der Waals surface area contributed by atoms with Gasteiger partial charge in [-0.25, -0.2) is 0 Å². The van der Waals surface area contributed by atoms with Crippen LogP contribution in [0, 0.1) is 13.8 Å². The summed E-state index contributed by atoms with van der Waals surface area (Å²) in [7, 11) is 0. The van der Waals surface area contributed by atoms with E-state index in [9.17, 15) is 9.59 Å². The van der Waals surface area contributed by atoms with Crippen molar-refractivity contribution in [2.75, 3.05) is 12.3 Å². The second-order valence-corrected chi connectivity index (χ2v) is 6.66. The van der Waals surface area contributed by atoms with Crippen LogP contribution in [0.15, 0.2) is 23.1 Å². The number of hydrogen-bond donors (Lipinski definition) is 1. The van der Waals surface area contributed by atoms with Crippen LogP contribution < -0.4 is 0 Å². The molecule has 1 saturated carbocycles. The maximum Gasteiger partial charge on any atom is 0.323 e. The van der Waals surface area contributed by atoms with Gasteiger partial charge >= 0.3 is 5.97 Å². The smallest absolute Gasteiger partial charge is 0.323 e. The van der Waals surface area contributed by atoms with Gasteiger partial charge in [0.1, 0.15) is 6.54 Å². The first-order valence-corrected chi connectivity index (χ1v) is 8.17. The van der Waals surface area contributed by atoms with Crippen molar-refractivity contribution in [2.24, 2.45) is 0 Å². The van der Waals surface area contributed by atoms with Crippen LogP contribution >= 0.6 is 11.8 Å². The van der Waals surface area contributed by atoms with Crippen molar-refractivity contribution in [3.63, 3.8) is 0 Å². The molecule has 0 saturated heterocycles. The fraction of sp³-hybridized carbons (Fsp3) is 0.500. The molecule has 0 bridgehead atoms. The number of hydrogen-bond acceptors (Lipinski definition) is 3. The lowest BCUT2D eigenvalue weighted by Gasteiger charge is -2.20. The van der Waals surface area contributed by atoms with Crippen molar-refractivity contribution in [2.45, 2.75) is 44.0 Å². The Balaban J connectivity index is 1.82. The predicted molar refractivity (Wildman–Crippen MR) is 83.6 cm³/mol. The highest BCUT2D eigenvalue weighted by molar-refractivity contribution is 7.99. The van der Waals surface area contributed by atoms with E-state index in [1.54, 1.807) is 11.8 Å². The number of carbonyl (C=O) groups is 2. The van der Waals surface area contributed by atoms with E-state index in [0.29, 0.717) is 12.2 Å². The first kappa shape index (κ1) is 15.9. The van der Waals surface area contributed by atoms with Crippen molar-refractivity contribution < 1.29 is 14.7 Å².